The van der Waals surface area contributed by atoms with Crippen molar-refractivity contribution in [2.45, 2.75) is 13.3 Å². The van der Waals surface area contributed by atoms with Gasteiger partial charge in [0.25, 0.3) is 0 Å². The molecule has 0 aromatic heterocycles. The van der Waals surface area contributed by atoms with Crippen molar-refractivity contribution >= 4 is 5.97 Å². The average Bonchev–Trinajstić information content (AvgIpc) is 2.85. The van der Waals surface area contributed by atoms with Crippen molar-refractivity contribution in [2.75, 3.05) is 13.2 Å². The van der Waals surface area contributed by atoms with Gasteiger partial charge < -0.3 is 14.7 Å². The second-order valence-electron chi connectivity index (χ2n) is 2.12. The van der Waals surface area contributed by atoms with Crippen LogP contribution >= 0.6 is 0 Å². The third-order valence-electron chi connectivity index (χ3n) is 1.03. The third kappa shape index (κ3) is 91.8. The maximum absolute atomic E-state index is 10.6. The lowest BCUT2D eigenvalue weighted by Gasteiger charge is -2.02. The number of carbonyl (C=O) groups excluding carboxylic acids is 1. The van der Waals surface area contributed by atoms with Gasteiger partial charge in [0.05, 0.1) is 0 Å². The molecule has 0 heterocycles. The van der Waals surface area contributed by atoms with Gasteiger partial charge in [-0.15, -0.1) is 78.9 Å². The monoisotopic (exact) mass is 424 g/mol. The summed E-state index contributed by atoms with van der Waals surface area (Å²) >= 11 is 0. The zero-order chi connectivity index (χ0) is 24.8. The van der Waals surface area contributed by atoms with Crippen molar-refractivity contribution in [1.82, 2.24) is 0 Å². The summed E-state index contributed by atoms with van der Waals surface area (Å²) in [5, 5.41) is 26.9. The fourth-order valence-electron chi connectivity index (χ4n) is 0.443. The van der Waals surface area contributed by atoms with Gasteiger partial charge in [0, 0.05) is 21.5 Å². The van der Waals surface area contributed by atoms with Crippen LogP contribution in [-0.4, -0.2) is 24.3 Å². The molecule has 0 radical (unpaired) electrons. The van der Waals surface area contributed by atoms with E-state index in [4.69, 9.17) is 5.11 Å². The van der Waals surface area contributed by atoms with Gasteiger partial charge in [0.1, 0.15) is 19.5 Å². The maximum Gasteiger partial charge on any atom is 0.305 e. The van der Waals surface area contributed by atoms with Crippen LogP contribution in [-0.2, 0) is 44.5 Å². The number of aliphatic hydroxyl groups is 1. The Balaban J connectivity index is -0.0000000684. The molecule has 0 aromatic carbocycles. The first-order valence-corrected chi connectivity index (χ1v) is 7.37. The number of carbonyl (C=O) groups is 1. The lowest BCUT2D eigenvalue weighted by molar-refractivity contribution is -0.786. The number of rotatable bonds is 11. The van der Waals surface area contributed by atoms with E-state index >= 15 is 0 Å². The van der Waals surface area contributed by atoms with Gasteiger partial charge in [-0.3, -0.25) is 4.79 Å². The van der Waals surface area contributed by atoms with Gasteiger partial charge in [-0.1, -0.05) is 6.92 Å². The topological polar surface area (TPSA) is 111 Å². The van der Waals surface area contributed by atoms with E-state index < -0.39 is 0 Å². The fraction of sp³-hybridized carbons (Fsp3) is 0.211. The van der Waals surface area contributed by atoms with Gasteiger partial charge in [-0.2, -0.15) is 0 Å². The first kappa shape index (κ1) is 45.0. The van der Waals surface area contributed by atoms with Crippen molar-refractivity contribution < 1.29 is 49.6 Å². The van der Waals surface area contributed by atoms with Crippen LogP contribution in [0.2, 0.25) is 0 Å². The van der Waals surface area contributed by atoms with Gasteiger partial charge in [0.15, 0.2) is 6.26 Å². The Morgan fingerprint density at radius 1 is 0.724 bits per heavy atom. The van der Waals surface area contributed by atoms with Crippen LogP contribution in [0, 0.1) is 0 Å². The Bertz CT molecular complexity index is 273. The summed E-state index contributed by atoms with van der Waals surface area (Å²) in [7, 11) is 0. The third-order valence-corrected chi connectivity index (χ3v) is 1.03. The Morgan fingerprint density at radius 2 is 1.14 bits per heavy atom. The van der Waals surface area contributed by atoms with Crippen LogP contribution in [0.15, 0.2) is 91.5 Å². The summed E-state index contributed by atoms with van der Waals surface area (Å²) in [6, 6.07) is 0. The molecule has 0 rings (SSSR count). The van der Waals surface area contributed by atoms with E-state index in [2.05, 4.69) is 119 Å². The second kappa shape index (κ2) is 85.2. The highest BCUT2D eigenvalue weighted by Gasteiger charge is 1.98. The summed E-state index contributed by atoms with van der Waals surface area (Å²) < 4.78 is 4.62. The number of esters is 1. The van der Waals surface area contributed by atoms with E-state index in [0.717, 1.165) is 6.26 Å². The van der Waals surface area contributed by atoms with E-state index in [1.165, 1.54) is 0 Å². The Morgan fingerprint density at radius 3 is 1.55 bits per heavy atom. The number of ether oxygens (including phenoxy) is 1. The molecule has 0 saturated heterocycles. The highest BCUT2D eigenvalue weighted by atomic mass is 17.9. The minimum Gasteiger partial charge on any atom is -0.512 e. The van der Waals surface area contributed by atoms with Crippen molar-refractivity contribution in [1.29, 1.82) is 0 Å². The molecule has 0 aliphatic heterocycles. The zero-order valence-corrected chi connectivity index (χ0v) is 17.4. The highest BCUT2D eigenvalue weighted by Crippen LogP contribution is 1.90. The minimum absolute atomic E-state index is 0.00219. The Hall–Kier alpha value is -2.99. The molecule has 10 heteroatoms. The molecule has 0 saturated carbocycles. The van der Waals surface area contributed by atoms with Crippen LogP contribution in [0.5, 0.6) is 0 Å². The molecule has 172 valence electrons. The van der Waals surface area contributed by atoms with Crippen LogP contribution < -0.4 is 0 Å². The van der Waals surface area contributed by atoms with E-state index in [9.17, 15) is 4.79 Å². The Labute approximate surface area is 174 Å². The predicted molar refractivity (Wildman–Crippen MR) is 113 cm³/mol. The first-order chi connectivity index (χ1) is 14.3. The standard InChI is InChI=1S/C7H12O10.6C2H4/c1-2-7(9)10-5-6-12-14-16-17-15-13-11-4-3-8;6*1-2/h3-4,8H,2,5-6H2,1H3;6*1-2H2/b4-3+;;;;;;. The molecule has 0 aliphatic rings. The van der Waals surface area contributed by atoms with Crippen LogP contribution in [0.4, 0.5) is 0 Å². The summed E-state index contributed by atoms with van der Waals surface area (Å²) in [6.45, 7) is 37.6. The van der Waals surface area contributed by atoms with E-state index in [1.807, 2.05) is 0 Å². The quantitative estimate of drug-likeness (QED) is 0.116. The molecule has 0 aliphatic carbocycles. The summed E-state index contributed by atoms with van der Waals surface area (Å²) in [6.07, 6.45) is 1.55. The number of hydrogen-bond donors (Lipinski definition) is 1. The van der Waals surface area contributed by atoms with Crippen LogP contribution in [0.1, 0.15) is 13.3 Å². The molecule has 0 atom stereocenters. The lowest BCUT2D eigenvalue weighted by Crippen LogP contribution is -2.10. The largest absolute Gasteiger partial charge is 0.512 e. The molecule has 0 spiro atoms. The maximum atomic E-state index is 10.6. The summed E-state index contributed by atoms with van der Waals surface area (Å²) in [4.78, 5) is 18.9. The summed E-state index contributed by atoms with van der Waals surface area (Å²) in [5.74, 6) is -0.364. The molecule has 0 aromatic rings. The molecular weight excluding hydrogens is 388 g/mol. The van der Waals surface area contributed by atoms with Gasteiger partial charge >= 0.3 is 5.97 Å². The minimum atomic E-state index is -0.364. The molecule has 29 heavy (non-hydrogen) atoms. The molecule has 0 bridgehead atoms. The molecule has 10 nitrogen and oxygen atoms in total. The predicted octanol–water partition coefficient (Wildman–Crippen LogP) is 5.39. The number of aliphatic hydroxyl groups excluding tert-OH is 1. The zero-order valence-electron chi connectivity index (χ0n) is 17.4. The van der Waals surface area contributed by atoms with Gasteiger partial charge in [-0.05, 0) is 10.1 Å². The molecule has 0 fully saturated rings. The van der Waals surface area contributed by atoms with Crippen LogP contribution in [0.25, 0.3) is 0 Å². The Kier molecular flexibility index (Phi) is 132. The molecular formula is C19H36O10. The van der Waals surface area contributed by atoms with E-state index in [0.29, 0.717) is 6.26 Å². The highest BCUT2D eigenvalue weighted by molar-refractivity contribution is 5.68. The second-order valence-corrected chi connectivity index (χ2v) is 2.12. The van der Waals surface area contributed by atoms with Crippen molar-refractivity contribution in [3.8, 4) is 0 Å². The van der Waals surface area contributed by atoms with Crippen LogP contribution in [0.3, 0.4) is 0 Å². The number of hydrogen-bond acceptors (Lipinski definition) is 10. The molecule has 0 unspecified atom stereocenters. The van der Waals surface area contributed by atoms with Crippen molar-refractivity contribution in [2.24, 2.45) is 0 Å². The smallest absolute Gasteiger partial charge is 0.305 e. The summed E-state index contributed by atoms with van der Waals surface area (Å²) in [5.41, 5.74) is 0. The van der Waals surface area contributed by atoms with E-state index in [1.54, 1.807) is 6.92 Å². The average molecular weight is 424 g/mol. The lowest BCUT2D eigenvalue weighted by atomic mass is 10.5. The van der Waals surface area contributed by atoms with E-state index in [-0.39, 0.29) is 25.6 Å². The SMILES string of the molecule is C=C.C=C.C=C.C=C.C=C.C=C.CCC(=O)OCCOOOOOOO/C=C/O. The fourth-order valence-corrected chi connectivity index (χ4v) is 0.443. The molecule has 0 amide bonds. The molecule has 1 N–H and O–H groups in total. The normalized spacial score (nSPS) is 7.07. The first-order valence-electron chi connectivity index (χ1n) is 7.37. The van der Waals surface area contributed by atoms with Gasteiger partial charge in [-0.25, -0.2) is 4.89 Å². The van der Waals surface area contributed by atoms with Gasteiger partial charge in [0.2, 0.25) is 0 Å². The van der Waals surface area contributed by atoms with Crippen molar-refractivity contribution in [3.63, 3.8) is 0 Å². The van der Waals surface area contributed by atoms with Crippen molar-refractivity contribution in [3.05, 3.63) is 91.5 Å².